The number of aryl methyl sites for hydroxylation is 1. The largest absolute Gasteiger partial charge is 0.345 e. The maximum atomic E-state index is 12.6. The number of nitrogens with one attached hydrogen (secondary N) is 2. The van der Waals surface area contributed by atoms with Crippen LogP contribution in [0.2, 0.25) is 0 Å². The molecule has 1 heterocycles. The van der Waals surface area contributed by atoms with Gasteiger partial charge in [0.1, 0.15) is 0 Å². The fourth-order valence-electron chi connectivity index (χ4n) is 2.58. The number of aromatic nitrogens is 2. The summed E-state index contributed by atoms with van der Waals surface area (Å²) in [6, 6.07) is 6.92. The van der Waals surface area contributed by atoms with Crippen LogP contribution in [0.5, 0.6) is 0 Å². The molecule has 0 unspecified atom stereocenters. The van der Waals surface area contributed by atoms with Crippen LogP contribution >= 0.6 is 0 Å². The molecule has 0 aliphatic heterocycles. The molecule has 1 aromatic carbocycles. The van der Waals surface area contributed by atoms with Gasteiger partial charge >= 0.3 is 0 Å². The first-order valence-electron chi connectivity index (χ1n) is 8.72. The summed E-state index contributed by atoms with van der Waals surface area (Å²) >= 11 is 0. The summed E-state index contributed by atoms with van der Waals surface area (Å²) in [7, 11) is 1.85. The van der Waals surface area contributed by atoms with Crippen molar-refractivity contribution in [2.24, 2.45) is 7.05 Å². The summed E-state index contributed by atoms with van der Waals surface area (Å²) < 4.78 is 1.72. The van der Waals surface area contributed by atoms with Crippen molar-refractivity contribution in [3.63, 3.8) is 0 Å². The molecule has 0 bridgehead atoms. The number of rotatable bonds is 8. The van der Waals surface area contributed by atoms with Crippen molar-refractivity contribution in [1.82, 2.24) is 15.1 Å². The van der Waals surface area contributed by atoms with Crippen LogP contribution in [0.1, 0.15) is 61.5 Å². The second kappa shape index (κ2) is 9.01. The van der Waals surface area contributed by atoms with Crippen molar-refractivity contribution in [3.05, 3.63) is 47.8 Å². The van der Waals surface area contributed by atoms with Crippen LogP contribution in [-0.2, 0) is 11.8 Å². The Kier molecular flexibility index (Phi) is 6.74. The van der Waals surface area contributed by atoms with Gasteiger partial charge in [0.05, 0.1) is 12.2 Å². The van der Waals surface area contributed by atoms with Crippen molar-refractivity contribution >= 4 is 17.5 Å². The van der Waals surface area contributed by atoms with Crippen LogP contribution in [0.3, 0.4) is 0 Å². The Bertz CT molecular complexity index is 724. The molecule has 0 fully saturated rings. The van der Waals surface area contributed by atoms with Crippen molar-refractivity contribution in [2.75, 3.05) is 5.32 Å². The zero-order chi connectivity index (χ0) is 18.2. The molecule has 1 atom stereocenters. The summed E-state index contributed by atoms with van der Waals surface area (Å²) in [5.74, 6) is -0.193. The standard InChI is InChI=1S/C19H26N4O2/c1-4-6-10-18(24)21-16-9-7-8-14(11-16)19(25)22-17(5-2)15-12-20-23(3)13-15/h7-9,11-13,17H,4-6,10H2,1-3H3,(H,21,24)(H,22,25)/t17-/m0/s1. The van der Waals surface area contributed by atoms with Crippen LogP contribution in [0, 0.1) is 0 Å². The Balaban J connectivity index is 2.03. The lowest BCUT2D eigenvalue weighted by atomic mass is 10.1. The van der Waals surface area contributed by atoms with Gasteiger partial charge < -0.3 is 10.6 Å². The molecule has 134 valence electrons. The highest BCUT2D eigenvalue weighted by molar-refractivity contribution is 5.97. The molecule has 2 N–H and O–H groups in total. The molecular weight excluding hydrogens is 316 g/mol. The second-order valence-corrected chi connectivity index (χ2v) is 6.11. The molecule has 6 nitrogen and oxygen atoms in total. The van der Waals surface area contributed by atoms with E-state index in [0.29, 0.717) is 17.7 Å². The highest BCUT2D eigenvalue weighted by Crippen LogP contribution is 2.17. The molecule has 25 heavy (non-hydrogen) atoms. The molecule has 0 radical (unpaired) electrons. The van der Waals surface area contributed by atoms with E-state index in [9.17, 15) is 9.59 Å². The summed E-state index contributed by atoms with van der Waals surface area (Å²) in [6.45, 7) is 4.06. The van der Waals surface area contributed by atoms with Crippen LogP contribution in [0.4, 0.5) is 5.69 Å². The van der Waals surface area contributed by atoms with Crippen molar-refractivity contribution in [1.29, 1.82) is 0 Å². The summed E-state index contributed by atoms with van der Waals surface area (Å²) in [4.78, 5) is 24.4. The summed E-state index contributed by atoms with van der Waals surface area (Å²) in [5.41, 5.74) is 2.14. The Morgan fingerprint density at radius 1 is 1.28 bits per heavy atom. The topological polar surface area (TPSA) is 76.0 Å². The van der Waals surface area contributed by atoms with Gasteiger partial charge in [-0.1, -0.05) is 26.3 Å². The van der Waals surface area contributed by atoms with Crippen LogP contribution < -0.4 is 10.6 Å². The maximum Gasteiger partial charge on any atom is 0.251 e. The van der Waals surface area contributed by atoms with Crippen molar-refractivity contribution in [3.8, 4) is 0 Å². The van der Waals surface area contributed by atoms with Gasteiger partial charge in [0.15, 0.2) is 0 Å². The predicted octanol–water partition coefficient (Wildman–Crippen LogP) is 3.43. The van der Waals surface area contributed by atoms with E-state index in [1.807, 2.05) is 27.1 Å². The van der Waals surface area contributed by atoms with Crippen molar-refractivity contribution < 1.29 is 9.59 Å². The molecule has 0 aliphatic rings. The van der Waals surface area contributed by atoms with E-state index in [-0.39, 0.29) is 17.9 Å². The van der Waals surface area contributed by atoms with Crippen LogP contribution in [0.25, 0.3) is 0 Å². The molecule has 6 heteroatoms. The molecule has 2 aromatic rings. The van der Waals surface area contributed by atoms with Crippen LogP contribution in [-0.4, -0.2) is 21.6 Å². The molecule has 0 spiro atoms. The molecule has 2 amide bonds. The number of benzene rings is 1. The molecular formula is C19H26N4O2. The average Bonchev–Trinajstić information content (AvgIpc) is 3.04. The quantitative estimate of drug-likeness (QED) is 0.771. The second-order valence-electron chi connectivity index (χ2n) is 6.11. The Labute approximate surface area is 148 Å². The van der Waals surface area contributed by atoms with Gasteiger partial charge in [0, 0.05) is 36.5 Å². The molecule has 0 aliphatic carbocycles. The van der Waals surface area contributed by atoms with Gasteiger partial charge in [-0.25, -0.2) is 0 Å². The number of carbonyl (C=O) groups excluding carboxylic acids is 2. The minimum absolute atomic E-state index is 0.0267. The van der Waals surface area contributed by atoms with Gasteiger partial charge in [0.2, 0.25) is 5.91 Å². The third-order valence-electron chi connectivity index (χ3n) is 4.01. The number of carbonyl (C=O) groups is 2. The van der Waals surface area contributed by atoms with Gasteiger partial charge in [-0.3, -0.25) is 14.3 Å². The minimum Gasteiger partial charge on any atom is -0.345 e. The normalized spacial score (nSPS) is 11.8. The highest BCUT2D eigenvalue weighted by atomic mass is 16.2. The van der Waals surface area contributed by atoms with Gasteiger partial charge in [-0.2, -0.15) is 5.10 Å². The molecule has 0 saturated heterocycles. The Morgan fingerprint density at radius 2 is 2.08 bits per heavy atom. The fourth-order valence-corrected chi connectivity index (χ4v) is 2.58. The Morgan fingerprint density at radius 3 is 2.72 bits per heavy atom. The van der Waals surface area contributed by atoms with Gasteiger partial charge in [-0.15, -0.1) is 0 Å². The minimum atomic E-state index is -0.166. The fraction of sp³-hybridized carbons (Fsp3) is 0.421. The lowest BCUT2D eigenvalue weighted by Crippen LogP contribution is -2.28. The van der Waals surface area contributed by atoms with E-state index < -0.39 is 0 Å². The third-order valence-corrected chi connectivity index (χ3v) is 4.01. The Hall–Kier alpha value is -2.63. The van der Waals surface area contributed by atoms with E-state index in [2.05, 4.69) is 15.7 Å². The third kappa shape index (κ3) is 5.45. The highest BCUT2D eigenvalue weighted by Gasteiger charge is 2.16. The van der Waals surface area contributed by atoms with E-state index >= 15 is 0 Å². The lowest BCUT2D eigenvalue weighted by molar-refractivity contribution is -0.116. The van der Waals surface area contributed by atoms with Crippen LogP contribution in [0.15, 0.2) is 36.7 Å². The molecule has 0 saturated carbocycles. The average molecular weight is 342 g/mol. The lowest BCUT2D eigenvalue weighted by Gasteiger charge is -2.16. The predicted molar refractivity (Wildman–Crippen MR) is 98.3 cm³/mol. The van der Waals surface area contributed by atoms with E-state index in [1.165, 1.54) is 0 Å². The number of anilines is 1. The van der Waals surface area contributed by atoms with Gasteiger partial charge in [0.25, 0.3) is 5.91 Å². The monoisotopic (exact) mass is 342 g/mol. The maximum absolute atomic E-state index is 12.6. The first kappa shape index (κ1) is 18.7. The zero-order valence-corrected chi connectivity index (χ0v) is 15.1. The first-order chi connectivity index (χ1) is 12.0. The van der Waals surface area contributed by atoms with Gasteiger partial charge in [-0.05, 0) is 31.0 Å². The summed E-state index contributed by atoms with van der Waals surface area (Å²) in [6.07, 6.45) is 6.76. The SMILES string of the molecule is CCCCC(=O)Nc1cccc(C(=O)N[C@@H](CC)c2cnn(C)c2)c1. The molecule has 2 rings (SSSR count). The smallest absolute Gasteiger partial charge is 0.251 e. The van der Waals surface area contributed by atoms with E-state index in [0.717, 1.165) is 24.8 Å². The number of hydrogen-bond donors (Lipinski definition) is 2. The number of hydrogen-bond acceptors (Lipinski definition) is 3. The van der Waals surface area contributed by atoms with Crippen molar-refractivity contribution in [2.45, 2.75) is 45.6 Å². The zero-order valence-electron chi connectivity index (χ0n) is 15.1. The number of nitrogens with zero attached hydrogens (tertiary/aromatic N) is 2. The van der Waals surface area contributed by atoms with E-state index in [1.54, 1.807) is 35.1 Å². The number of unbranched alkanes of at least 4 members (excludes halogenated alkanes) is 1. The summed E-state index contributed by atoms with van der Waals surface area (Å²) in [5, 5.41) is 10.0. The number of amides is 2. The van der Waals surface area contributed by atoms with E-state index in [4.69, 9.17) is 0 Å². The first-order valence-corrected chi connectivity index (χ1v) is 8.72. The molecule has 1 aromatic heterocycles.